The summed E-state index contributed by atoms with van der Waals surface area (Å²) in [4.78, 5) is 14.2. The Morgan fingerprint density at radius 1 is 1.29 bits per heavy atom. The van der Waals surface area contributed by atoms with Gasteiger partial charge in [0.15, 0.2) is 0 Å². The molecule has 0 radical (unpaired) electrons. The highest BCUT2D eigenvalue weighted by Gasteiger charge is 2.14. The van der Waals surface area contributed by atoms with Gasteiger partial charge in [-0.05, 0) is 37.1 Å². The second-order valence-corrected chi connectivity index (χ2v) is 4.50. The lowest BCUT2D eigenvalue weighted by atomic mass is 10.1. The lowest BCUT2D eigenvalue weighted by Gasteiger charge is -2.11. The molecule has 7 heteroatoms. The molecule has 0 saturated heterocycles. The first-order chi connectivity index (χ1) is 9.90. The van der Waals surface area contributed by atoms with Gasteiger partial charge in [-0.1, -0.05) is 0 Å². The van der Waals surface area contributed by atoms with Gasteiger partial charge in [0, 0.05) is 0 Å². The zero-order valence-corrected chi connectivity index (χ0v) is 11.5. The van der Waals surface area contributed by atoms with Crippen molar-refractivity contribution in [3.05, 3.63) is 51.1 Å². The van der Waals surface area contributed by atoms with E-state index >= 15 is 0 Å². The summed E-state index contributed by atoms with van der Waals surface area (Å²) in [6.45, 7) is 3.56. The molecule has 106 valence electrons. The lowest BCUT2D eigenvalue weighted by Crippen LogP contribution is -1.99. The minimum atomic E-state index is -0.566. The standard InChI is InChI=1S/C14H12N4O3/c1-8-3-10(7-15)4-9(2)14(8)21-13-6-11(18(19)20)5-12(16)17-13/h3-6H,1-2H3,(H2,16,17). The average Bonchev–Trinajstić information content (AvgIpc) is 2.42. The molecule has 0 aliphatic carbocycles. The van der Waals surface area contributed by atoms with Gasteiger partial charge in [0.2, 0.25) is 5.88 Å². The van der Waals surface area contributed by atoms with E-state index in [1.54, 1.807) is 26.0 Å². The average molecular weight is 284 g/mol. The predicted octanol–water partition coefficient (Wildman–Crippen LogP) is 2.85. The summed E-state index contributed by atoms with van der Waals surface area (Å²) in [5.41, 5.74) is 7.33. The van der Waals surface area contributed by atoms with Crippen molar-refractivity contribution < 1.29 is 9.66 Å². The van der Waals surface area contributed by atoms with Gasteiger partial charge < -0.3 is 10.5 Å². The van der Waals surface area contributed by atoms with Gasteiger partial charge in [-0.2, -0.15) is 10.2 Å². The van der Waals surface area contributed by atoms with Crippen molar-refractivity contribution >= 4 is 11.5 Å². The molecule has 0 aliphatic rings. The quantitative estimate of drug-likeness (QED) is 0.684. The van der Waals surface area contributed by atoms with Gasteiger partial charge >= 0.3 is 0 Å². The molecule has 2 aromatic rings. The Bertz CT molecular complexity index is 742. The molecular weight excluding hydrogens is 272 g/mol. The van der Waals surface area contributed by atoms with Crippen LogP contribution >= 0.6 is 0 Å². The molecule has 0 spiro atoms. The van der Waals surface area contributed by atoms with Crippen molar-refractivity contribution in [3.63, 3.8) is 0 Å². The summed E-state index contributed by atoms with van der Waals surface area (Å²) in [5.74, 6) is 0.544. The number of benzene rings is 1. The van der Waals surface area contributed by atoms with Gasteiger partial charge in [0.05, 0.1) is 28.7 Å². The zero-order valence-electron chi connectivity index (χ0n) is 11.5. The predicted molar refractivity (Wildman–Crippen MR) is 76.0 cm³/mol. The van der Waals surface area contributed by atoms with E-state index in [1.807, 2.05) is 0 Å². The van der Waals surface area contributed by atoms with E-state index in [0.717, 1.165) is 17.2 Å². The maximum Gasteiger partial charge on any atom is 0.278 e. The number of nitrogens with zero attached hydrogens (tertiary/aromatic N) is 3. The Labute approximate surface area is 120 Å². The first-order valence-electron chi connectivity index (χ1n) is 6.02. The molecule has 21 heavy (non-hydrogen) atoms. The number of hydrogen-bond acceptors (Lipinski definition) is 6. The second kappa shape index (κ2) is 5.46. The Hall–Kier alpha value is -3.14. The van der Waals surface area contributed by atoms with E-state index < -0.39 is 4.92 Å². The van der Waals surface area contributed by atoms with Crippen LogP contribution in [0.15, 0.2) is 24.3 Å². The van der Waals surface area contributed by atoms with E-state index in [4.69, 9.17) is 15.7 Å². The number of anilines is 1. The minimum absolute atomic E-state index is 0.00292. The van der Waals surface area contributed by atoms with Crippen LogP contribution in [0, 0.1) is 35.3 Å². The molecule has 1 aromatic heterocycles. The Balaban J connectivity index is 2.44. The van der Waals surface area contributed by atoms with Gasteiger partial charge in [-0.3, -0.25) is 10.1 Å². The van der Waals surface area contributed by atoms with Crippen molar-refractivity contribution in [2.24, 2.45) is 0 Å². The zero-order chi connectivity index (χ0) is 15.6. The number of aromatic nitrogens is 1. The fraction of sp³-hybridized carbons (Fsp3) is 0.143. The third-order valence-corrected chi connectivity index (χ3v) is 2.81. The third kappa shape index (κ3) is 3.06. The van der Waals surface area contributed by atoms with E-state index in [9.17, 15) is 10.1 Å². The number of nitriles is 1. The lowest BCUT2D eigenvalue weighted by molar-refractivity contribution is -0.384. The Morgan fingerprint density at radius 3 is 2.43 bits per heavy atom. The topological polar surface area (TPSA) is 115 Å². The number of rotatable bonds is 3. The van der Waals surface area contributed by atoms with Crippen LogP contribution in [0.25, 0.3) is 0 Å². The molecule has 7 nitrogen and oxygen atoms in total. The minimum Gasteiger partial charge on any atom is -0.438 e. The van der Waals surface area contributed by atoms with Crippen LogP contribution in [0.3, 0.4) is 0 Å². The van der Waals surface area contributed by atoms with Crippen LogP contribution in [-0.4, -0.2) is 9.91 Å². The number of pyridine rings is 1. The van der Waals surface area contributed by atoms with Gasteiger partial charge in [-0.15, -0.1) is 0 Å². The van der Waals surface area contributed by atoms with Gasteiger partial charge in [-0.25, -0.2) is 0 Å². The second-order valence-electron chi connectivity index (χ2n) is 4.50. The van der Waals surface area contributed by atoms with E-state index in [0.29, 0.717) is 11.3 Å². The summed E-state index contributed by atoms with van der Waals surface area (Å²) >= 11 is 0. The SMILES string of the molecule is Cc1cc(C#N)cc(C)c1Oc1cc([N+](=O)[O-])cc(N)n1. The van der Waals surface area contributed by atoms with Crippen molar-refractivity contribution in [1.29, 1.82) is 5.26 Å². The number of aryl methyl sites for hydroxylation is 2. The largest absolute Gasteiger partial charge is 0.438 e. The highest BCUT2D eigenvalue weighted by atomic mass is 16.6. The monoisotopic (exact) mass is 284 g/mol. The fourth-order valence-electron chi connectivity index (χ4n) is 1.95. The first-order valence-corrected chi connectivity index (χ1v) is 6.02. The normalized spacial score (nSPS) is 9.95. The summed E-state index contributed by atoms with van der Waals surface area (Å²) in [7, 11) is 0. The molecule has 0 bridgehead atoms. The highest BCUT2D eigenvalue weighted by molar-refractivity contribution is 5.50. The van der Waals surface area contributed by atoms with Crippen molar-refractivity contribution in [2.45, 2.75) is 13.8 Å². The fourth-order valence-corrected chi connectivity index (χ4v) is 1.95. The molecule has 1 aromatic carbocycles. The number of nitrogen functional groups attached to an aromatic ring is 1. The molecule has 0 saturated carbocycles. The maximum absolute atomic E-state index is 10.8. The maximum atomic E-state index is 10.8. The molecule has 2 rings (SSSR count). The summed E-state index contributed by atoms with van der Waals surface area (Å²) in [5, 5.41) is 19.7. The number of nitro groups is 1. The highest BCUT2D eigenvalue weighted by Crippen LogP contribution is 2.31. The van der Waals surface area contributed by atoms with E-state index in [2.05, 4.69) is 11.1 Å². The van der Waals surface area contributed by atoms with Crippen LogP contribution < -0.4 is 10.5 Å². The number of nitrogens with two attached hydrogens (primary N) is 1. The van der Waals surface area contributed by atoms with Crippen LogP contribution in [0.1, 0.15) is 16.7 Å². The van der Waals surface area contributed by atoms with Crippen LogP contribution in [-0.2, 0) is 0 Å². The first kappa shape index (κ1) is 14.3. The summed E-state index contributed by atoms with van der Waals surface area (Å²) < 4.78 is 5.61. The van der Waals surface area contributed by atoms with Crippen LogP contribution in [0.2, 0.25) is 0 Å². The molecule has 0 aliphatic heterocycles. The van der Waals surface area contributed by atoms with E-state index in [1.165, 1.54) is 6.07 Å². The number of hydrogen-bond donors (Lipinski definition) is 1. The van der Waals surface area contributed by atoms with Crippen LogP contribution in [0.4, 0.5) is 11.5 Å². The molecule has 0 fully saturated rings. The smallest absolute Gasteiger partial charge is 0.278 e. The molecule has 2 N–H and O–H groups in total. The van der Waals surface area contributed by atoms with E-state index in [-0.39, 0.29) is 17.4 Å². The van der Waals surface area contributed by atoms with Crippen LogP contribution in [0.5, 0.6) is 11.6 Å². The van der Waals surface area contributed by atoms with Gasteiger partial charge in [0.25, 0.3) is 5.69 Å². The third-order valence-electron chi connectivity index (χ3n) is 2.81. The Morgan fingerprint density at radius 2 is 1.90 bits per heavy atom. The molecule has 1 heterocycles. The van der Waals surface area contributed by atoms with Crippen molar-refractivity contribution in [3.8, 4) is 17.7 Å². The summed E-state index contributed by atoms with van der Waals surface area (Å²) in [6, 6.07) is 7.75. The van der Waals surface area contributed by atoms with Crippen molar-refractivity contribution in [1.82, 2.24) is 4.98 Å². The molecule has 0 atom stereocenters. The van der Waals surface area contributed by atoms with Crippen molar-refractivity contribution in [2.75, 3.05) is 5.73 Å². The number of ether oxygens (including phenoxy) is 1. The summed E-state index contributed by atoms with van der Waals surface area (Å²) in [6.07, 6.45) is 0. The molecule has 0 amide bonds. The molecular formula is C14H12N4O3. The molecule has 0 unspecified atom stereocenters. The van der Waals surface area contributed by atoms with Gasteiger partial charge in [0.1, 0.15) is 11.6 Å². The Kier molecular flexibility index (Phi) is 3.71.